The lowest BCUT2D eigenvalue weighted by Crippen LogP contribution is -2.25. The fraction of sp³-hybridized carbons (Fsp3) is 0.405. The molecule has 0 saturated heterocycles. The molecule has 0 amide bonds. The Balaban J connectivity index is 0.00000480. The van der Waals surface area contributed by atoms with Gasteiger partial charge < -0.3 is 9.13 Å². The molecule has 0 unspecified atom stereocenters. The molecule has 3 nitrogen and oxygen atoms in total. The summed E-state index contributed by atoms with van der Waals surface area (Å²) in [6.45, 7) is 10.8. The highest BCUT2D eigenvalue weighted by Crippen LogP contribution is 2.21. The molecular weight excluding hydrogens is 673 g/mol. The fourth-order valence-electron chi connectivity index (χ4n) is 6.76. The number of hydrogen-bond donors (Lipinski definition) is 1. The van der Waals surface area contributed by atoms with E-state index in [4.69, 9.17) is 0 Å². The molecule has 0 aliphatic heterocycles. The number of aryl methyl sites for hydroxylation is 8. The van der Waals surface area contributed by atoms with Gasteiger partial charge in [-0.05, 0) is 127 Å². The number of fused-ring (bicyclic) bond motifs is 1. The van der Waals surface area contributed by atoms with Crippen molar-refractivity contribution in [1.29, 1.82) is 5.41 Å². The van der Waals surface area contributed by atoms with Crippen LogP contribution in [0.15, 0.2) is 84.9 Å². The van der Waals surface area contributed by atoms with Crippen molar-refractivity contribution in [2.45, 2.75) is 111 Å². The lowest BCUT2D eigenvalue weighted by molar-refractivity contribution is 0.542. The molecule has 0 fully saturated rings. The van der Waals surface area contributed by atoms with Crippen LogP contribution in [0.4, 0.5) is 0 Å². The summed E-state index contributed by atoms with van der Waals surface area (Å²) >= 11 is 0. The molecule has 0 bridgehead atoms. The first-order valence-corrected chi connectivity index (χ1v) is 17.5. The van der Waals surface area contributed by atoms with Crippen molar-refractivity contribution >= 4 is 35.0 Å². The first-order valence-electron chi connectivity index (χ1n) is 17.5. The Hall–Kier alpha value is -3.12. The summed E-state index contributed by atoms with van der Waals surface area (Å²) in [6, 6.07) is 31.9. The van der Waals surface area contributed by atoms with Gasteiger partial charge in [-0.1, -0.05) is 100 Å². The van der Waals surface area contributed by atoms with Gasteiger partial charge >= 0.3 is 0 Å². The summed E-state index contributed by atoms with van der Waals surface area (Å²) in [6.07, 6.45) is 11.9. The number of nitrogens with one attached hydrogen (secondary N) is 1. The van der Waals surface area contributed by atoms with Crippen molar-refractivity contribution in [3.8, 4) is 0 Å². The average molecular weight is 728 g/mol. The molecule has 0 aliphatic rings. The van der Waals surface area contributed by atoms with E-state index in [1.54, 1.807) is 0 Å². The predicted molar refractivity (Wildman–Crippen MR) is 207 cm³/mol. The molecule has 0 radical (unpaired) electrons. The average Bonchev–Trinajstić information content (AvgIpc) is 3.34. The minimum absolute atomic E-state index is 0. The third kappa shape index (κ3) is 9.24. The molecule has 1 heterocycles. The highest BCUT2D eigenvalue weighted by molar-refractivity contribution is 14.0. The largest absolute Gasteiger partial charge is 0.310 e. The Labute approximate surface area is 294 Å². The Kier molecular flexibility index (Phi) is 13.7. The second-order valence-corrected chi connectivity index (χ2v) is 12.8. The number of unbranched alkanes of at least 4 members (excludes halogenated alkanes) is 2. The smallest absolute Gasteiger partial charge is 0.202 e. The summed E-state index contributed by atoms with van der Waals surface area (Å²) in [5.74, 6) is 0. The van der Waals surface area contributed by atoms with Crippen molar-refractivity contribution in [3.05, 3.63) is 135 Å². The van der Waals surface area contributed by atoms with Crippen molar-refractivity contribution in [1.82, 2.24) is 9.13 Å². The molecule has 46 heavy (non-hydrogen) atoms. The molecule has 0 atom stereocenters. The standard InChI is InChI=1S/C42H53N3.HI/c1-5-32-24-33(6-2)27-37(26-32)18-12-14-22-44-40-21-20-39(30-36-16-10-9-11-17-36)31-41(40)45(42(44)43)23-15-13-19-38-28-34(7-3)25-35(8-4)29-38;/h9-11,16-17,20-21,24-29,31,43H,5-8,12-15,18-19,22-23,30H2,1-4H3;1H. The van der Waals surface area contributed by atoms with Gasteiger partial charge in [0, 0.05) is 13.1 Å². The maximum absolute atomic E-state index is 9.30. The number of hydrogen-bond acceptors (Lipinski definition) is 1. The first-order chi connectivity index (χ1) is 22.0. The highest BCUT2D eigenvalue weighted by Gasteiger charge is 2.13. The summed E-state index contributed by atoms with van der Waals surface area (Å²) < 4.78 is 4.54. The van der Waals surface area contributed by atoms with Gasteiger partial charge in [0.2, 0.25) is 5.62 Å². The molecule has 0 saturated carbocycles. The Morgan fingerprint density at radius 2 is 0.913 bits per heavy atom. The molecule has 4 aromatic carbocycles. The normalized spacial score (nSPS) is 11.2. The van der Waals surface area contributed by atoms with Crippen LogP contribution in [0.1, 0.15) is 97.9 Å². The van der Waals surface area contributed by atoms with Gasteiger partial charge in [-0.2, -0.15) is 0 Å². The Morgan fingerprint density at radius 1 is 0.457 bits per heavy atom. The van der Waals surface area contributed by atoms with Crippen LogP contribution in [0.3, 0.4) is 0 Å². The molecule has 0 spiro atoms. The van der Waals surface area contributed by atoms with Crippen LogP contribution in [-0.4, -0.2) is 9.13 Å². The van der Waals surface area contributed by atoms with Crippen LogP contribution in [0.5, 0.6) is 0 Å². The molecular formula is C42H54IN3. The van der Waals surface area contributed by atoms with Gasteiger partial charge in [0.15, 0.2) is 0 Å². The van der Waals surface area contributed by atoms with Crippen molar-refractivity contribution < 1.29 is 0 Å². The number of benzene rings is 4. The Bertz CT molecular complexity index is 1700. The van der Waals surface area contributed by atoms with Gasteiger partial charge in [0.25, 0.3) is 0 Å². The third-order valence-corrected chi connectivity index (χ3v) is 9.44. The number of rotatable bonds is 16. The summed E-state index contributed by atoms with van der Waals surface area (Å²) in [5, 5.41) is 9.30. The molecule has 1 aromatic heterocycles. The lowest BCUT2D eigenvalue weighted by atomic mass is 9.99. The minimum Gasteiger partial charge on any atom is -0.310 e. The van der Waals surface area contributed by atoms with Crippen molar-refractivity contribution in [3.63, 3.8) is 0 Å². The van der Waals surface area contributed by atoms with E-state index in [1.807, 2.05) is 0 Å². The molecule has 5 rings (SSSR count). The maximum atomic E-state index is 9.30. The van der Waals surface area contributed by atoms with E-state index in [0.29, 0.717) is 5.62 Å². The van der Waals surface area contributed by atoms with E-state index in [2.05, 4.69) is 122 Å². The third-order valence-electron chi connectivity index (χ3n) is 9.44. The van der Waals surface area contributed by atoms with Gasteiger partial charge in [-0.15, -0.1) is 24.0 Å². The topological polar surface area (TPSA) is 33.7 Å². The monoisotopic (exact) mass is 727 g/mol. The van der Waals surface area contributed by atoms with Crippen LogP contribution in [0.2, 0.25) is 0 Å². The van der Waals surface area contributed by atoms with Crippen molar-refractivity contribution in [2.75, 3.05) is 0 Å². The zero-order valence-electron chi connectivity index (χ0n) is 28.6. The highest BCUT2D eigenvalue weighted by atomic mass is 127. The van der Waals surface area contributed by atoms with E-state index in [1.165, 1.54) is 55.5 Å². The van der Waals surface area contributed by atoms with E-state index in [-0.39, 0.29) is 24.0 Å². The quantitative estimate of drug-likeness (QED) is 0.0776. The van der Waals surface area contributed by atoms with E-state index < -0.39 is 0 Å². The second kappa shape index (κ2) is 17.7. The van der Waals surface area contributed by atoms with E-state index in [9.17, 15) is 5.41 Å². The minimum atomic E-state index is 0. The van der Waals surface area contributed by atoms with Gasteiger partial charge in [-0.25, -0.2) is 0 Å². The summed E-state index contributed by atoms with van der Waals surface area (Å²) in [4.78, 5) is 0. The van der Waals surface area contributed by atoms with Crippen LogP contribution < -0.4 is 5.62 Å². The molecule has 0 aliphatic carbocycles. The van der Waals surface area contributed by atoms with E-state index >= 15 is 0 Å². The molecule has 1 N–H and O–H groups in total. The number of halogens is 1. The first kappa shape index (κ1) is 35.7. The SMILES string of the molecule is CCc1cc(CC)cc(CCCCn2c(=N)n(CCCCc3cc(CC)cc(CC)c3)c3cc(Cc4ccccc4)ccc32)c1.I. The van der Waals surface area contributed by atoms with Gasteiger partial charge in [-0.3, -0.25) is 5.41 Å². The van der Waals surface area contributed by atoms with Crippen LogP contribution in [0, 0.1) is 5.41 Å². The van der Waals surface area contributed by atoms with E-state index in [0.717, 1.165) is 83.7 Å². The number of imidazole rings is 1. The maximum Gasteiger partial charge on any atom is 0.202 e. The molecule has 244 valence electrons. The fourth-order valence-corrected chi connectivity index (χ4v) is 6.76. The predicted octanol–water partition coefficient (Wildman–Crippen LogP) is 10.4. The van der Waals surface area contributed by atoms with Crippen molar-refractivity contribution in [2.24, 2.45) is 0 Å². The summed E-state index contributed by atoms with van der Waals surface area (Å²) in [5.41, 5.74) is 14.4. The lowest BCUT2D eigenvalue weighted by Gasteiger charge is -2.09. The number of nitrogens with zero attached hydrogens (tertiary/aromatic N) is 2. The number of aromatic nitrogens is 2. The zero-order valence-corrected chi connectivity index (χ0v) is 30.9. The molecule has 4 heteroatoms. The van der Waals surface area contributed by atoms with Gasteiger partial charge in [0.05, 0.1) is 11.0 Å². The van der Waals surface area contributed by atoms with Crippen LogP contribution in [-0.2, 0) is 58.0 Å². The summed E-state index contributed by atoms with van der Waals surface area (Å²) in [7, 11) is 0. The Morgan fingerprint density at radius 3 is 1.39 bits per heavy atom. The molecule has 5 aromatic rings. The van der Waals surface area contributed by atoms with Crippen LogP contribution >= 0.6 is 24.0 Å². The zero-order chi connectivity index (χ0) is 31.6. The van der Waals surface area contributed by atoms with Gasteiger partial charge in [0.1, 0.15) is 0 Å². The second-order valence-electron chi connectivity index (χ2n) is 12.8. The van der Waals surface area contributed by atoms with Crippen LogP contribution in [0.25, 0.3) is 11.0 Å².